The van der Waals surface area contributed by atoms with E-state index in [1.54, 1.807) is 7.11 Å². The van der Waals surface area contributed by atoms with E-state index in [0.717, 1.165) is 38.5 Å². The Kier molecular flexibility index (Phi) is 7.46. The highest BCUT2D eigenvalue weighted by molar-refractivity contribution is 5.78. The predicted octanol–water partition coefficient (Wildman–Crippen LogP) is 1.77. The summed E-state index contributed by atoms with van der Waals surface area (Å²) < 4.78 is 10.0. The summed E-state index contributed by atoms with van der Waals surface area (Å²) in [6.07, 6.45) is 7.00. The molecule has 0 aromatic heterocycles. The molecule has 0 radical (unpaired) electrons. The van der Waals surface area contributed by atoms with E-state index in [4.69, 9.17) is 9.47 Å². The predicted molar refractivity (Wildman–Crippen MR) is 71.5 cm³/mol. The molecule has 0 heterocycles. The van der Waals surface area contributed by atoms with Crippen LogP contribution in [0.3, 0.4) is 0 Å². The molecule has 0 atom stereocenters. The molecule has 0 saturated heterocycles. The first-order valence-electron chi connectivity index (χ1n) is 7.01. The number of methoxy groups -OCH3 is 1. The molecule has 19 heavy (non-hydrogen) atoms. The molecule has 0 spiro atoms. The minimum absolute atomic E-state index is 0.00715. The van der Waals surface area contributed by atoms with E-state index < -0.39 is 5.54 Å². The Hall–Kier alpha value is -1.12. The zero-order valence-electron chi connectivity index (χ0n) is 11.7. The molecular formula is C14H24N2O3. The Morgan fingerprint density at radius 1 is 1.21 bits per heavy atom. The van der Waals surface area contributed by atoms with Crippen molar-refractivity contribution in [2.45, 2.75) is 50.5 Å². The van der Waals surface area contributed by atoms with Gasteiger partial charge in [0.15, 0.2) is 0 Å². The van der Waals surface area contributed by atoms with Crippen LogP contribution in [0.2, 0.25) is 0 Å². The highest BCUT2D eigenvalue weighted by Crippen LogP contribution is 2.25. The van der Waals surface area contributed by atoms with E-state index in [1.807, 2.05) is 0 Å². The second kappa shape index (κ2) is 8.89. The van der Waals surface area contributed by atoms with Gasteiger partial charge in [-0.1, -0.05) is 32.1 Å². The van der Waals surface area contributed by atoms with Crippen molar-refractivity contribution >= 4 is 5.91 Å². The number of nitrogens with one attached hydrogen (secondary N) is 1. The first-order valence-corrected chi connectivity index (χ1v) is 7.01. The zero-order chi connectivity index (χ0) is 14.0. The lowest BCUT2D eigenvalue weighted by molar-refractivity contribution is -0.127. The average molecular weight is 268 g/mol. The van der Waals surface area contributed by atoms with Crippen molar-refractivity contribution in [2.24, 2.45) is 0 Å². The number of rotatable bonds is 6. The number of carbonyl (C=O) groups is 1. The fourth-order valence-electron chi connectivity index (χ4n) is 2.38. The van der Waals surface area contributed by atoms with Gasteiger partial charge in [-0.25, -0.2) is 0 Å². The molecule has 1 saturated carbocycles. The zero-order valence-corrected chi connectivity index (χ0v) is 11.7. The van der Waals surface area contributed by atoms with E-state index in [2.05, 4.69) is 11.4 Å². The fraction of sp³-hybridized carbons (Fsp3) is 0.857. The Bertz CT molecular complexity index is 304. The number of nitriles is 1. The molecule has 1 aliphatic rings. The summed E-state index contributed by atoms with van der Waals surface area (Å²) >= 11 is 0. The Balaban J connectivity index is 2.40. The maximum absolute atomic E-state index is 11.8. The van der Waals surface area contributed by atoms with Crippen LogP contribution in [-0.2, 0) is 14.3 Å². The molecule has 108 valence electrons. The van der Waals surface area contributed by atoms with Crippen molar-refractivity contribution in [3.63, 3.8) is 0 Å². The number of hydrogen-bond acceptors (Lipinski definition) is 4. The van der Waals surface area contributed by atoms with Crippen LogP contribution >= 0.6 is 0 Å². The number of ether oxygens (including phenoxy) is 2. The normalized spacial score (nSPS) is 18.9. The maximum atomic E-state index is 11.8. The van der Waals surface area contributed by atoms with Gasteiger partial charge in [0.05, 0.1) is 19.3 Å². The van der Waals surface area contributed by atoms with E-state index in [9.17, 15) is 10.1 Å². The standard InChI is InChI=1S/C14H24N2O3/c1-18-9-10-19-11-13(17)16-14(12-15)7-5-3-2-4-6-8-14/h2-11H2,1H3,(H,16,17). The molecule has 0 aliphatic heterocycles. The number of amides is 1. The molecule has 1 rings (SSSR count). The van der Waals surface area contributed by atoms with Crippen molar-refractivity contribution in [3.8, 4) is 6.07 Å². The van der Waals surface area contributed by atoms with Gasteiger partial charge in [0.1, 0.15) is 12.1 Å². The molecular weight excluding hydrogens is 244 g/mol. The van der Waals surface area contributed by atoms with Crippen molar-refractivity contribution in [3.05, 3.63) is 0 Å². The van der Waals surface area contributed by atoms with Gasteiger partial charge >= 0.3 is 0 Å². The molecule has 5 nitrogen and oxygen atoms in total. The van der Waals surface area contributed by atoms with Gasteiger partial charge in [-0.15, -0.1) is 0 Å². The molecule has 1 N–H and O–H groups in total. The first kappa shape index (κ1) is 15.9. The second-order valence-corrected chi connectivity index (χ2v) is 5.06. The first-order chi connectivity index (χ1) is 9.22. The van der Waals surface area contributed by atoms with Crippen LogP contribution in [0.1, 0.15) is 44.9 Å². The summed E-state index contributed by atoms with van der Waals surface area (Å²) in [6.45, 7) is 0.854. The van der Waals surface area contributed by atoms with Crippen LogP contribution in [0.5, 0.6) is 0 Å². The topological polar surface area (TPSA) is 71.3 Å². The lowest BCUT2D eigenvalue weighted by Crippen LogP contribution is -2.49. The van der Waals surface area contributed by atoms with Gasteiger partial charge in [0.2, 0.25) is 5.91 Å². The molecule has 0 bridgehead atoms. The average Bonchev–Trinajstić information content (AvgIpc) is 2.38. The fourth-order valence-corrected chi connectivity index (χ4v) is 2.38. The third-order valence-corrected chi connectivity index (χ3v) is 3.46. The van der Waals surface area contributed by atoms with Crippen LogP contribution in [0.15, 0.2) is 0 Å². The van der Waals surface area contributed by atoms with Crippen LogP contribution in [-0.4, -0.2) is 38.4 Å². The van der Waals surface area contributed by atoms with Crippen molar-refractivity contribution in [2.75, 3.05) is 26.9 Å². The molecule has 5 heteroatoms. The summed E-state index contributed by atoms with van der Waals surface area (Å²) in [7, 11) is 1.59. The lowest BCUT2D eigenvalue weighted by Gasteiger charge is -2.29. The summed E-state index contributed by atoms with van der Waals surface area (Å²) in [5.74, 6) is -0.210. The maximum Gasteiger partial charge on any atom is 0.247 e. The molecule has 0 aromatic carbocycles. The van der Waals surface area contributed by atoms with Crippen LogP contribution in [0, 0.1) is 11.3 Å². The summed E-state index contributed by atoms with van der Waals surface area (Å²) in [4.78, 5) is 11.8. The van der Waals surface area contributed by atoms with E-state index in [1.165, 1.54) is 6.42 Å². The van der Waals surface area contributed by atoms with Crippen molar-refractivity contribution < 1.29 is 14.3 Å². The van der Waals surface area contributed by atoms with Crippen molar-refractivity contribution in [1.82, 2.24) is 5.32 Å². The van der Waals surface area contributed by atoms with Gasteiger partial charge in [-0.2, -0.15) is 5.26 Å². The Morgan fingerprint density at radius 3 is 2.42 bits per heavy atom. The SMILES string of the molecule is COCCOCC(=O)NC1(C#N)CCCCCCC1. The third-order valence-electron chi connectivity index (χ3n) is 3.46. The van der Waals surface area contributed by atoms with Gasteiger partial charge in [-0.3, -0.25) is 4.79 Å². The summed E-state index contributed by atoms with van der Waals surface area (Å²) in [6, 6.07) is 2.31. The van der Waals surface area contributed by atoms with Crippen LogP contribution in [0.25, 0.3) is 0 Å². The summed E-state index contributed by atoms with van der Waals surface area (Å²) in [5, 5.41) is 12.3. The second-order valence-electron chi connectivity index (χ2n) is 5.06. The van der Waals surface area contributed by atoms with Crippen LogP contribution < -0.4 is 5.32 Å². The minimum atomic E-state index is -0.692. The highest BCUT2D eigenvalue weighted by Gasteiger charge is 2.31. The number of hydrogen-bond donors (Lipinski definition) is 1. The Labute approximate surface area is 115 Å². The number of nitrogens with zero attached hydrogens (tertiary/aromatic N) is 1. The van der Waals surface area contributed by atoms with Crippen LogP contribution in [0.4, 0.5) is 0 Å². The molecule has 1 fully saturated rings. The molecule has 1 amide bonds. The number of carbonyl (C=O) groups excluding carboxylic acids is 1. The Morgan fingerprint density at radius 2 is 1.84 bits per heavy atom. The quantitative estimate of drug-likeness (QED) is 0.745. The minimum Gasteiger partial charge on any atom is -0.382 e. The summed E-state index contributed by atoms with van der Waals surface area (Å²) in [5.41, 5.74) is -0.692. The molecule has 0 unspecified atom stereocenters. The molecule has 1 aliphatic carbocycles. The smallest absolute Gasteiger partial charge is 0.247 e. The van der Waals surface area contributed by atoms with E-state index in [-0.39, 0.29) is 12.5 Å². The molecule has 0 aromatic rings. The van der Waals surface area contributed by atoms with Gasteiger partial charge in [-0.05, 0) is 12.8 Å². The van der Waals surface area contributed by atoms with Gasteiger partial charge in [0.25, 0.3) is 0 Å². The van der Waals surface area contributed by atoms with Gasteiger partial charge < -0.3 is 14.8 Å². The van der Waals surface area contributed by atoms with Gasteiger partial charge in [0, 0.05) is 7.11 Å². The highest BCUT2D eigenvalue weighted by atomic mass is 16.5. The third kappa shape index (κ3) is 6.04. The lowest BCUT2D eigenvalue weighted by atomic mass is 9.85. The van der Waals surface area contributed by atoms with E-state index in [0.29, 0.717) is 13.2 Å². The monoisotopic (exact) mass is 268 g/mol. The largest absolute Gasteiger partial charge is 0.382 e. The van der Waals surface area contributed by atoms with E-state index >= 15 is 0 Å². The van der Waals surface area contributed by atoms with Crippen molar-refractivity contribution in [1.29, 1.82) is 5.26 Å².